The highest BCUT2D eigenvalue weighted by molar-refractivity contribution is 7.90. The topological polar surface area (TPSA) is 35.1 Å². The molecule has 4 heteroatoms. The summed E-state index contributed by atoms with van der Waals surface area (Å²) in [6, 6.07) is 6.40. The van der Waals surface area contributed by atoms with Gasteiger partial charge in [0.1, 0.15) is 10.6 Å². The first-order valence-electron chi connectivity index (χ1n) is 5.78. The minimum Gasteiger partial charge on any atom is -0.598 e. The van der Waals surface area contributed by atoms with Gasteiger partial charge in [0, 0.05) is 16.9 Å². The summed E-state index contributed by atoms with van der Waals surface area (Å²) in [5.41, 5.74) is 0.576. The summed E-state index contributed by atoms with van der Waals surface area (Å²) in [5, 5.41) is 0. The smallest absolute Gasteiger partial charge is 0.136 e. The first-order chi connectivity index (χ1) is 7.86. The summed E-state index contributed by atoms with van der Waals surface area (Å²) in [6.07, 6.45) is 0.697. The summed E-state index contributed by atoms with van der Waals surface area (Å²) in [4.78, 5) is 0. The lowest BCUT2D eigenvalue weighted by Crippen LogP contribution is -2.41. The van der Waals surface area contributed by atoms with Crippen LogP contribution >= 0.6 is 0 Å². The molecule has 0 aliphatic heterocycles. The molecule has 0 heterocycles. The first-order valence-corrected chi connectivity index (χ1v) is 6.93. The van der Waals surface area contributed by atoms with Crippen molar-refractivity contribution in [1.82, 2.24) is 4.72 Å². The molecule has 96 valence electrons. The Labute approximate surface area is 106 Å². The molecule has 1 rings (SSSR count). The van der Waals surface area contributed by atoms with E-state index in [9.17, 15) is 8.94 Å². The van der Waals surface area contributed by atoms with Crippen LogP contribution in [0.1, 0.15) is 45.7 Å². The Morgan fingerprint density at radius 3 is 2.41 bits per heavy atom. The van der Waals surface area contributed by atoms with Gasteiger partial charge in [-0.3, -0.25) is 0 Å². The van der Waals surface area contributed by atoms with E-state index in [0.29, 0.717) is 12.0 Å². The van der Waals surface area contributed by atoms with Crippen molar-refractivity contribution in [2.75, 3.05) is 0 Å². The lowest BCUT2D eigenvalue weighted by atomic mass is 10.1. The highest BCUT2D eigenvalue weighted by atomic mass is 32.2. The fraction of sp³-hybridized carbons (Fsp3) is 0.538. The first kappa shape index (κ1) is 14.5. The minimum absolute atomic E-state index is 0.212. The quantitative estimate of drug-likeness (QED) is 0.840. The van der Waals surface area contributed by atoms with E-state index in [1.54, 1.807) is 18.2 Å². The molecule has 0 saturated heterocycles. The van der Waals surface area contributed by atoms with E-state index in [2.05, 4.69) is 4.72 Å². The molecule has 0 bridgehead atoms. The van der Waals surface area contributed by atoms with Crippen LogP contribution in [-0.4, -0.2) is 9.30 Å². The SMILES string of the molecule is CC[C@H](N[S+]([O-])C(C)(C)C)c1ccccc1F. The van der Waals surface area contributed by atoms with Crippen molar-refractivity contribution >= 4 is 11.4 Å². The molecule has 0 saturated carbocycles. The van der Waals surface area contributed by atoms with Gasteiger partial charge < -0.3 is 4.55 Å². The third kappa shape index (κ3) is 3.98. The monoisotopic (exact) mass is 257 g/mol. The van der Waals surface area contributed by atoms with Crippen LogP contribution in [0.2, 0.25) is 0 Å². The predicted octanol–water partition coefficient (Wildman–Crippen LogP) is 3.33. The molecule has 1 aromatic rings. The largest absolute Gasteiger partial charge is 0.598 e. The zero-order valence-corrected chi connectivity index (χ0v) is 11.6. The van der Waals surface area contributed by atoms with E-state index in [-0.39, 0.29) is 16.6 Å². The van der Waals surface area contributed by atoms with Crippen LogP contribution in [0.4, 0.5) is 4.39 Å². The van der Waals surface area contributed by atoms with Gasteiger partial charge in [0.15, 0.2) is 0 Å². The Balaban J connectivity index is 2.83. The van der Waals surface area contributed by atoms with Crippen LogP contribution in [0.5, 0.6) is 0 Å². The van der Waals surface area contributed by atoms with Crippen LogP contribution in [-0.2, 0) is 11.4 Å². The van der Waals surface area contributed by atoms with Crippen LogP contribution in [0, 0.1) is 5.82 Å². The minimum atomic E-state index is -1.19. The average molecular weight is 257 g/mol. The lowest BCUT2D eigenvalue weighted by molar-refractivity contribution is 0.505. The molecule has 2 nitrogen and oxygen atoms in total. The standard InChI is InChI=1S/C13H20FNOS/c1-5-12(15-17(16)13(2,3)4)10-8-6-7-9-11(10)14/h6-9,12,15H,5H2,1-4H3/t12-,17?/m0/s1. The maximum atomic E-state index is 13.6. The van der Waals surface area contributed by atoms with Crippen molar-refractivity contribution in [3.63, 3.8) is 0 Å². The summed E-state index contributed by atoms with van der Waals surface area (Å²) in [6.45, 7) is 7.63. The molecular weight excluding hydrogens is 237 g/mol. The molecule has 0 amide bonds. The van der Waals surface area contributed by atoms with E-state index in [1.165, 1.54) is 6.07 Å². The lowest BCUT2D eigenvalue weighted by Gasteiger charge is -2.27. The summed E-state index contributed by atoms with van der Waals surface area (Å²) in [5.74, 6) is -0.252. The summed E-state index contributed by atoms with van der Waals surface area (Å²) < 4.78 is 28.3. The summed E-state index contributed by atoms with van der Waals surface area (Å²) in [7, 11) is 0. The van der Waals surface area contributed by atoms with Gasteiger partial charge in [0.05, 0.1) is 6.04 Å². The zero-order valence-electron chi connectivity index (χ0n) is 10.8. The van der Waals surface area contributed by atoms with Gasteiger partial charge in [-0.1, -0.05) is 25.1 Å². The Hall–Kier alpha value is -0.580. The molecule has 2 atom stereocenters. The van der Waals surface area contributed by atoms with Crippen molar-refractivity contribution < 1.29 is 8.94 Å². The molecule has 1 unspecified atom stereocenters. The molecule has 1 N–H and O–H groups in total. The number of rotatable bonds is 4. The zero-order chi connectivity index (χ0) is 13.1. The van der Waals surface area contributed by atoms with E-state index in [4.69, 9.17) is 0 Å². The second kappa shape index (κ2) is 5.85. The van der Waals surface area contributed by atoms with E-state index in [0.717, 1.165) is 0 Å². The highest BCUT2D eigenvalue weighted by Crippen LogP contribution is 2.23. The Morgan fingerprint density at radius 1 is 1.35 bits per heavy atom. The highest BCUT2D eigenvalue weighted by Gasteiger charge is 2.29. The van der Waals surface area contributed by atoms with Crippen LogP contribution in [0.15, 0.2) is 24.3 Å². The predicted molar refractivity (Wildman–Crippen MR) is 70.5 cm³/mol. The van der Waals surface area contributed by atoms with Gasteiger partial charge in [-0.15, -0.1) is 4.72 Å². The molecule has 0 aliphatic rings. The number of halogens is 1. The average Bonchev–Trinajstić information content (AvgIpc) is 2.25. The van der Waals surface area contributed by atoms with Gasteiger partial charge in [0.2, 0.25) is 0 Å². The number of nitrogens with one attached hydrogen (secondary N) is 1. The van der Waals surface area contributed by atoms with Crippen LogP contribution < -0.4 is 4.72 Å². The van der Waals surface area contributed by atoms with Crippen LogP contribution in [0.3, 0.4) is 0 Å². The Morgan fingerprint density at radius 2 is 1.94 bits per heavy atom. The van der Waals surface area contributed by atoms with E-state index >= 15 is 0 Å². The van der Waals surface area contributed by atoms with Gasteiger partial charge in [-0.25, -0.2) is 4.39 Å². The van der Waals surface area contributed by atoms with Crippen molar-refractivity contribution in [2.24, 2.45) is 0 Å². The van der Waals surface area contributed by atoms with Gasteiger partial charge in [-0.05, 0) is 33.3 Å². The molecule has 0 spiro atoms. The summed E-state index contributed by atoms with van der Waals surface area (Å²) >= 11 is -1.19. The second-order valence-electron chi connectivity index (χ2n) is 4.98. The van der Waals surface area contributed by atoms with Crippen molar-refractivity contribution in [2.45, 2.75) is 44.9 Å². The van der Waals surface area contributed by atoms with Crippen molar-refractivity contribution in [3.05, 3.63) is 35.6 Å². The van der Waals surface area contributed by atoms with E-state index in [1.807, 2.05) is 27.7 Å². The molecule has 1 aromatic carbocycles. The Kier molecular flexibility index (Phi) is 4.98. The number of hydrogen-bond donors (Lipinski definition) is 1. The maximum Gasteiger partial charge on any atom is 0.136 e. The van der Waals surface area contributed by atoms with Crippen molar-refractivity contribution in [3.8, 4) is 0 Å². The third-order valence-electron chi connectivity index (χ3n) is 2.49. The molecule has 0 radical (unpaired) electrons. The van der Waals surface area contributed by atoms with Gasteiger partial charge in [-0.2, -0.15) is 0 Å². The fourth-order valence-electron chi connectivity index (χ4n) is 1.43. The van der Waals surface area contributed by atoms with Crippen LogP contribution in [0.25, 0.3) is 0 Å². The fourth-order valence-corrected chi connectivity index (χ4v) is 2.34. The van der Waals surface area contributed by atoms with Crippen molar-refractivity contribution in [1.29, 1.82) is 0 Å². The second-order valence-corrected chi connectivity index (χ2v) is 6.98. The van der Waals surface area contributed by atoms with Gasteiger partial charge in [0.25, 0.3) is 0 Å². The normalized spacial score (nSPS) is 15.6. The Bertz CT molecular complexity index is 365. The number of hydrogen-bond acceptors (Lipinski definition) is 2. The molecule has 0 fully saturated rings. The number of benzene rings is 1. The van der Waals surface area contributed by atoms with Gasteiger partial charge >= 0.3 is 0 Å². The maximum absolute atomic E-state index is 13.6. The molecule has 0 aliphatic carbocycles. The van der Waals surface area contributed by atoms with E-state index < -0.39 is 11.4 Å². The molecule has 17 heavy (non-hydrogen) atoms. The molecule has 0 aromatic heterocycles. The third-order valence-corrected chi connectivity index (χ3v) is 4.11. The molecular formula is C13H20FNOS.